The Labute approximate surface area is 98.1 Å². The number of unbranched alkanes of at least 4 members (excludes halogenated alkanes) is 1. The summed E-state index contributed by atoms with van der Waals surface area (Å²) < 4.78 is 2.19. The molecule has 16 heavy (non-hydrogen) atoms. The van der Waals surface area contributed by atoms with Gasteiger partial charge in [0, 0.05) is 12.2 Å². The first-order chi connectivity index (χ1) is 7.46. The molecule has 1 aromatic rings. The fourth-order valence-electron chi connectivity index (χ4n) is 1.67. The predicted octanol–water partition coefficient (Wildman–Crippen LogP) is 3.22. The third kappa shape index (κ3) is 3.37. The second kappa shape index (κ2) is 5.16. The van der Waals surface area contributed by atoms with E-state index in [0.29, 0.717) is 0 Å². The van der Waals surface area contributed by atoms with E-state index < -0.39 is 0 Å². The molecule has 3 nitrogen and oxygen atoms in total. The van der Waals surface area contributed by atoms with Crippen molar-refractivity contribution < 1.29 is 0 Å². The van der Waals surface area contributed by atoms with Gasteiger partial charge in [-0.15, -0.1) is 0 Å². The third-order valence-electron chi connectivity index (χ3n) is 3.10. The van der Waals surface area contributed by atoms with Gasteiger partial charge in [0.05, 0.1) is 23.5 Å². The number of aryl methyl sites for hydroxylation is 2. The second-order valence-electron chi connectivity index (χ2n) is 5.06. The molecule has 0 saturated heterocycles. The van der Waals surface area contributed by atoms with E-state index in [1.807, 2.05) is 27.1 Å². The van der Waals surface area contributed by atoms with Gasteiger partial charge in [-0.05, 0) is 40.5 Å². The zero-order valence-electron chi connectivity index (χ0n) is 10.7. The van der Waals surface area contributed by atoms with Crippen LogP contribution in [0.4, 0.5) is 0 Å². The van der Waals surface area contributed by atoms with Gasteiger partial charge in [0.2, 0.25) is 0 Å². The molecule has 0 bridgehead atoms. The number of hydrogen-bond donors (Lipinski definition) is 0. The minimum Gasteiger partial charge on any atom is -0.335 e. The number of nitrogens with zero attached hydrogens (tertiary/aromatic N) is 3. The minimum atomic E-state index is -0.181. The normalized spacial score (nSPS) is 11.4. The van der Waals surface area contributed by atoms with E-state index in [9.17, 15) is 0 Å². The zero-order chi connectivity index (χ0) is 12.2. The molecule has 0 aliphatic heterocycles. The summed E-state index contributed by atoms with van der Waals surface area (Å²) in [6, 6.07) is 2.34. The Morgan fingerprint density at radius 2 is 2.06 bits per heavy atom. The summed E-state index contributed by atoms with van der Waals surface area (Å²) in [6.07, 6.45) is 5.08. The molecule has 1 heterocycles. The van der Waals surface area contributed by atoms with Gasteiger partial charge in [0.15, 0.2) is 0 Å². The first-order valence-corrected chi connectivity index (χ1v) is 5.86. The van der Waals surface area contributed by atoms with Crippen molar-refractivity contribution >= 4 is 0 Å². The Hall–Kier alpha value is -1.30. The monoisotopic (exact) mass is 219 g/mol. The molecule has 0 radical (unpaired) electrons. The Balaban J connectivity index is 2.32. The Morgan fingerprint density at radius 1 is 1.38 bits per heavy atom. The molecule has 1 rings (SSSR count). The number of aromatic nitrogens is 2. The van der Waals surface area contributed by atoms with Crippen molar-refractivity contribution in [3.05, 3.63) is 17.7 Å². The summed E-state index contributed by atoms with van der Waals surface area (Å²) in [5.74, 6) is 0. The van der Waals surface area contributed by atoms with E-state index in [0.717, 1.165) is 31.5 Å². The molecule has 0 aliphatic carbocycles. The number of rotatable bonds is 5. The fraction of sp³-hybridized carbons (Fsp3) is 0.692. The summed E-state index contributed by atoms with van der Waals surface area (Å²) in [7, 11) is 0. The van der Waals surface area contributed by atoms with E-state index >= 15 is 0 Å². The maximum Gasteiger partial charge on any atom is 0.0951 e. The largest absolute Gasteiger partial charge is 0.335 e. The molecule has 0 aliphatic rings. The molecule has 0 saturated carbocycles. The lowest BCUT2D eigenvalue weighted by atomic mass is 9.89. The van der Waals surface area contributed by atoms with Crippen LogP contribution in [0, 0.1) is 30.6 Å². The topological polar surface area (TPSA) is 41.6 Å². The van der Waals surface area contributed by atoms with Crippen molar-refractivity contribution in [3.8, 4) is 6.07 Å². The van der Waals surface area contributed by atoms with E-state index in [-0.39, 0.29) is 5.41 Å². The van der Waals surface area contributed by atoms with Gasteiger partial charge in [-0.25, -0.2) is 4.98 Å². The van der Waals surface area contributed by atoms with Crippen LogP contribution < -0.4 is 0 Å². The summed E-state index contributed by atoms with van der Waals surface area (Å²) in [5.41, 5.74) is 2.18. The average molecular weight is 219 g/mol. The van der Waals surface area contributed by atoms with Crippen molar-refractivity contribution in [3.63, 3.8) is 0 Å². The van der Waals surface area contributed by atoms with Gasteiger partial charge in [0.25, 0.3) is 0 Å². The lowest BCUT2D eigenvalue weighted by molar-refractivity contribution is 0.416. The minimum absolute atomic E-state index is 0.181. The molecule has 1 aromatic heterocycles. The maximum absolute atomic E-state index is 8.89. The van der Waals surface area contributed by atoms with Gasteiger partial charge < -0.3 is 4.57 Å². The molecule has 0 N–H and O–H groups in total. The highest BCUT2D eigenvalue weighted by Gasteiger charge is 2.15. The van der Waals surface area contributed by atoms with Crippen LogP contribution in [0.25, 0.3) is 0 Å². The van der Waals surface area contributed by atoms with Crippen molar-refractivity contribution in [2.45, 2.75) is 53.5 Å². The molecular weight excluding hydrogens is 198 g/mol. The van der Waals surface area contributed by atoms with Gasteiger partial charge in [-0.1, -0.05) is 6.42 Å². The second-order valence-corrected chi connectivity index (χ2v) is 5.06. The highest BCUT2D eigenvalue weighted by Crippen LogP contribution is 2.21. The highest BCUT2D eigenvalue weighted by atomic mass is 15.0. The van der Waals surface area contributed by atoms with Gasteiger partial charge in [0.1, 0.15) is 0 Å². The first kappa shape index (κ1) is 12.8. The van der Waals surface area contributed by atoms with Gasteiger partial charge in [-0.3, -0.25) is 0 Å². The van der Waals surface area contributed by atoms with Crippen molar-refractivity contribution in [1.29, 1.82) is 5.26 Å². The summed E-state index contributed by atoms with van der Waals surface area (Å²) in [4.78, 5) is 4.27. The molecular formula is C13H21N3. The highest BCUT2D eigenvalue weighted by molar-refractivity contribution is 5.08. The molecule has 0 atom stereocenters. The fourth-order valence-corrected chi connectivity index (χ4v) is 1.67. The molecule has 0 amide bonds. The van der Waals surface area contributed by atoms with Crippen LogP contribution in [-0.4, -0.2) is 9.55 Å². The molecule has 0 fully saturated rings. The molecule has 0 spiro atoms. The van der Waals surface area contributed by atoms with Crippen molar-refractivity contribution in [2.24, 2.45) is 5.41 Å². The first-order valence-electron chi connectivity index (χ1n) is 5.86. The van der Waals surface area contributed by atoms with E-state index in [2.05, 4.69) is 22.5 Å². The Bertz CT molecular complexity index is 382. The smallest absolute Gasteiger partial charge is 0.0951 e. The lowest BCUT2D eigenvalue weighted by Crippen LogP contribution is -2.08. The van der Waals surface area contributed by atoms with Crippen LogP contribution >= 0.6 is 0 Å². The van der Waals surface area contributed by atoms with Gasteiger partial charge in [-0.2, -0.15) is 5.26 Å². The zero-order valence-corrected chi connectivity index (χ0v) is 10.7. The SMILES string of the molecule is Cc1ncn(CCCCC(C)(C)C#N)c1C. The van der Waals surface area contributed by atoms with Crippen LogP contribution in [0.1, 0.15) is 44.5 Å². The molecule has 0 unspecified atom stereocenters. The van der Waals surface area contributed by atoms with Gasteiger partial charge >= 0.3 is 0 Å². The third-order valence-corrected chi connectivity index (χ3v) is 3.10. The molecule has 88 valence electrons. The summed E-state index contributed by atoms with van der Waals surface area (Å²) in [6.45, 7) is 9.14. The maximum atomic E-state index is 8.89. The standard InChI is InChI=1S/C13H21N3/c1-11-12(2)16(10-15-11)8-6-5-7-13(3,4)9-14/h10H,5-8H2,1-4H3. The van der Waals surface area contributed by atoms with Crippen LogP contribution in [0.2, 0.25) is 0 Å². The Morgan fingerprint density at radius 3 is 2.56 bits per heavy atom. The lowest BCUT2D eigenvalue weighted by Gasteiger charge is -2.14. The summed E-state index contributed by atoms with van der Waals surface area (Å²) in [5, 5.41) is 8.89. The van der Waals surface area contributed by atoms with Crippen LogP contribution in [0.15, 0.2) is 6.33 Å². The van der Waals surface area contributed by atoms with E-state index in [1.165, 1.54) is 5.69 Å². The van der Waals surface area contributed by atoms with Crippen LogP contribution in [0.5, 0.6) is 0 Å². The van der Waals surface area contributed by atoms with Crippen LogP contribution in [0.3, 0.4) is 0 Å². The quantitative estimate of drug-likeness (QED) is 0.713. The molecule has 3 heteroatoms. The van der Waals surface area contributed by atoms with E-state index in [4.69, 9.17) is 5.26 Å². The van der Waals surface area contributed by atoms with Crippen LogP contribution in [-0.2, 0) is 6.54 Å². The number of imidazole rings is 1. The van der Waals surface area contributed by atoms with Crippen molar-refractivity contribution in [2.75, 3.05) is 0 Å². The number of hydrogen-bond acceptors (Lipinski definition) is 2. The number of nitriles is 1. The van der Waals surface area contributed by atoms with E-state index in [1.54, 1.807) is 0 Å². The Kier molecular flexibility index (Phi) is 4.12. The molecule has 0 aromatic carbocycles. The predicted molar refractivity (Wildman–Crippen MR) is 64.9 cm³/mol. The average Bonchev–Trinajstić information content (AvgIpc) is 2.56. The van der Waals surface area contributed by atoms with Crippen molar-refractivity contribution in [1.82, 2.24) is 9.55 Å². The summed E-state index contributed by atoms with van der Waals surface area (Å²) >= 11 is 0.